The number of hydrogen-bond donors (Lipinski definition) is 0. The van der Waals surface area contributed by atoms with Crippen molar-refractivity contribution < 1.29 is 4.48 Å². The van der Waals surface area contributed by atoms with Gasteiger partial charge < -0.3 is 9.05 Å². The van der Waals surface area contributed by atoms with Crippen LogP contribution in [0.25, 0.3) is 0 Å². The first-order valence-electron chi connectivity index (χ1n) is 10.2. The van der Waals surface area contributed by atoms with Crippen molar-refractivity contribution in [2.75, 3.05) is 19.6 Å². The van der Waals surface area contributed by atoms with Gasteiger partial charge in [0, 0.05) is 35.4 Å². The molecule has 0 saturated heterocycles. The van der Waals surface area contributed by atoms with Crippen LogP contribution in [0.15, 0.2) is 44.4 Å². The lowest BCUT2D eigenvalue weighted by Gasteiger charge is -2.37. The molecule has 5 nitrogen and oxygen atoms in total. The Balaban J connectivity index is 1.94. The number of unbranched alkanes of at least 4 members (excludes halogenated alkanes) is 2. The van der Waals surface area contributed by atoms with Gasteiger partial charge in [-0.25, -0.2) is 4.79 Å². The summed E-state index contributed by atoms with van der Waals surface area (Å²) in [5.41, 5.74) is 1.64. The number of aryl methyl sites for hydroxylation is 1. The molecular formula is C22H33BrN3O2+. The predicted molar refractivity (Wildman–Crippen MR) is 119 cm³/mol. The fraction of sp³-hybridized carbons (Fsp3) is 0.545. The van der Waals surface area contributed by atoms with E-state index < -0.39 is 0 Å². The average Bonchev–Trinajstić information content (AvgIpc) is 2.69. The van der Waals surface area contributed by atoms with E-state index in [2.05, 4.69) is 54.0 Å². The van der Waals surface area contributed by atoms with E-state index in [1.807, 2.05) is 0 Å². The molecule has 1 heterocycles. The molecule has 0 unspecified atom stereocenters. The SMILES string of the molecule is CC[N+](CC)(CCCCCn1c(=O)cc(C)n(C)c1=O)Cc1ccccc1Br. The number of hydrogen-bond acceptors (Lipinski definition) is 2. The van der Waals surface area contributed by atoms with Gasteiger partial charge in [-0.15, -0.1) is 0 Å². The molecular weight excluding hydrogens is 418 g/mol. The number of quaternary nitrogens is 1. The van der Waals surface area contributed by atoms with Crippen LogP contribution in [-0.4, -0.2) is 33.3 Å². The molecule has 2 aromatic rings. The molecule has 154 valence electrons. The van der Waals surface area contributed by atoms with Gasteiger partial charge in [-0.05, 0) is 46.1 Å². The number of halogens is 1. The molecule has 0 atom stereocenters. The highest BCUT2D eigenvalue weighted by atomic mass is 79.9. The largest absolute Gasteiger partial charge is 0.330 e. The minimum Gasteiger partial charge on any atom is -0.320 e. The third-order valence-corrected chi connectivity index (χ3v) is 6.74. The normalized spacial score (nSPS) is 11.8. The molecule has 0 radical (unpaired) electrons. The maximum atomic E-state index is 12.3. The van der Waals surface area contributed by atoms with Gasteiger partial charge in [-0.3, -0.25) is 9.36 Å². The first kappa shape index (κ1) is 22.6. The van der Waals surface area contributed by atoms with Gasteiger partial charge in [-0.1, -0.05) is 34.1 Å². The van der Waals surface area contributed by atoms with Crippen LogP contribution in [0.3, 0.4) is 0 Å². The highest BCUT2D eigenvalue weighted by Gasteiger charge is 2.24. The van der Waals surface area contributed by atoms with Crippen LogP contribution in [0.5, 0.6) is 0 Å². The second-order valence-electron chi connectivity index (χ2n) is 7.63. The zero-order valence-electron chi connectivity index (χ0n) is 17.6. The van der Waals surface area contributed by atoms with E-state index in [9.17, 15) is 9.59 Å². The third-order valence-electron chi connectivity index (χ3n) is 5.96. The highest BCUT2D eigenvalue weighted by Crippen LogP contribution is 2.22. The summed E-state index contributed by atoms with van der Waals surface area (Å²) in [5.74, 6) is 0. The van der Waals surface area contributed by atoms with Gasteiger partial charge in [0.1, 0.15) is 6.54 Å². The smallest absolute Gasteiger partial charge is 0.320 e. The Morgan fingerprint density at radius 3 is 2.36 bits per heavy atom. The molecule has 0 aliphatic carbocycles. The number of nitrogens with zero attached hydrogens (tertiary/aromatic N) is 3. The lowest BCUT2D eigenvalue weighted by atomic mass is 10.1. The van der Waals surface area contributed by atoms with Crippen molar-refractivity contribution >= 4 is 15.9 Å². The zero-order valence-corrected chi connectivity index (χ0v) is 19.2. The Labute approximate surface area is 176 Å². The Morgan fingerprint density at radius 1 is 1.04 bits per heavy atom. The van der Waals surface area contributed by atoms with Gasteiger partial charge in [-0.2, -0.15) is 0 Å². The van der Waals surface area contributed by atoms with E-state index in [0.717, 1.165) is 49.9 Å². The van der Waals surface area contributed by atoms with Crippen molar-refractivity contribution in [2.24, 2.45) is 7.05 Å². The minimum atomic E-state index is -0.217. The molecule has 0 N–H and O–H groups in total. The van der Waals surface area contributed by atoms with Crippen molar-refractivity contribution in [3.63, 3.8) is 0 Å². The maximum absolute atomic E-state index is 12.3. The Morgan fingerprint density at radius 2 is 1.71 bits per heavy atom. The summed E-state index contributed by atoms with van der Waals surface area (Å²) in [6.45, 7) is 11.1. The third kappa shape index (κ3) is 5.45. The molecule has 0 spiro atoms. The summed E-state index contributed by atoms with van der Waals surface area (Å²) in [7, 11) is 1.71. The van der Waals surface area contributed by atoms with Crippen molar-refractivity contribution in [3.8, 4) is 0 Å². The van der Waals surface area contributed by atoms with Crippen LogP contribution in [-0.2, 0) is 20.1 Å². The number of aromatic nitrogens is 2. The maximum Gasteiger partial charge on any atom is 0.330 e. The molecule has 0 amide bonds. The lowest BCUT2D eigenvalue weighted by Crippen LogP contribution is -2.47. The van der Waals surface area contributed by atoms with E-state index in [1.165, 1.54) is 25.2 Å². The highest BCUT2D eigenvalue weighted by molar-refractivity contribution is 9.10. The summed E-state index contributed by atoms with van der Waals surface area (Å²) < 4.78 is 5.12. The standard InChI is InChI=1S/C22H33BrN3O2/c1-5-26(6-2,17-19-12-8-9-13-20(19)23)15-11-7-10-14-25-21(27)16-18(3)24(4)22(25)28/h8-9,12-13,16H,5-7,10-11,14-15,17H2,1-4H3/q+1. The lowest BCUT2D eigenvalue weighted by molar-refractivity contribution is -0.938. The molecule has 1 aromatic carbocycles. The Bertz CT molecular complexity index is 897. The van der Waals surface area contributed by atoms with Crippen LogP contribution in [0.1, 0.15) is 44.4 Å². The zero-order chi connectivity index (χ0) is 20.7. The number of benzene rings is 1. The second kappa shape index (κ2) is 10.2. The van der Waals surface area contributed by atoms with Crippen LogP contribution in [0.2, 0.25) is 0 Å². The fourth-order valence-electron chi connectivity index (χ4n) is 3.71. The monoisotopic (exact) mass is 450 g/mol. The van der Waals surface area contributed by atoms with E-state index in [-0.39, 0.29) is 11.2 Å². The van der Waals surface area contributed by atoms with Crippen molar-refractivity contribution in [1.82, 2.24) is 9.13 Å². The van der Waals surface area contributed by atoms with Crippen LogP contribution in [0.4, 0.5) is 0 Å². The summed E-state index contributed by atoms with van der Waals surface area (Å²) >= 11 is 3.68. The average molecular weight is 451 g/mol. The Kier molecular flexibility index (Phi) is 8.25. The van der Waals surface area contributed by atoms with Gasteiger partial charge in [0.2, 0.25) is 0 Å². The Hall–Kier alpha value is -1.66. The summed E-state index contributed by atoms with van der Waals surface area (Å²) in [6.07, 6.45) is 2.95. The van der Waals surface area contributed by atoms with E-state index in [1.54, 1.807) is 14.0 Å². The molecule has 0 bridgehead atoms. The molecule has 2 rings (SSSR count). The summed E-state index contributed by atoms with van der Waals surface area (Å²) in [4.78, 5) is 24.4. The predicted octanol–water partition coefficient (Wildman–Crippen LogP) is 3.85. The van der Waals surface area contributed by atoms with Crippen molar-refractivity contribution in [1.29, 1.82) is 0 Å². The summed E-state index contributed by atoms with van der Waals surface area (Å²) in [6, 6.07) is 9.99. The van der Waals surface area contributed by atoms with Crippen LogP contribution in [0, 0.1) is 6.92 Å². The molecule has 28 heavy (non-hydrogen) atoms. The molecule has 0 fully saturated rings. The fourth-order valence-corrected chi connectivity index (χ4v) is 4.12. The minimum absolute atomic E-state index is 0.193. The topological polar surface area (TPSA) is 44.0 Å². The van der Waals surface area contributed by atoms with Crippen LogP contribution < -0.4 is 11.2 Å². The van der Waals surface area contributed by atoms with Gasteiger partial charge in [0.05, 0.1) is 19.6 Å². The molecule has 0 aliphatic heterocycles. The van der Waals surface area contributed by atoms with Crippen molar-refractivity contribution in [2.45, 2.75) is 53.1 Å². The first-order valence-corrected chi connectivity index (χ1v) is 11.0. The quantitative estimate of drug-likeness (QED) is 0.407. The molecule has 0 saturated carbocycles. The van der Waals surface area contributed by atoms with E-state index in [4.69, 9.17) is 0 Å². The van der Waals surface area contributed by atoms with Crippen LogP contribution >= 0.6 is 15.9 Å². The first-order chi connectivity index (χ1) is 13.3. The molecule has 6 heteroatoms. The molecule has 1 aromatic heterocycles. The number of rotatable bonds is 10. The van der Waals surface area contributed by atoms with Gasteiger partial charge in [0.15, 0.2) is 0 Å². The van der Waals surface area contributed by atoms with Gasteiger partial charge >= 0.3 is 5.69 Å². The van der Waals surface area contributed by atoms with Crippen molar-refractivity contribution in [3.05, 3.63) is 66.9 Å². The summed E-state index contributed by atoms with van der Waals surface area (Å²) in [5, 5.41) is 0. The van der Waals surface area contributed by atoms with E-state index in [0.29, 0.717) is 12.2 Å². The van der Waals surface area contributed by atoms with Gasteiger partial charge in [0.25, 0.3) is 5.56 Å². The molecule has 0 aliphatic rings. The second-order valence-corrected chi connectivity index (χ2v) is 8.48. The van der Waals surface area contributed by atoms with E-state index >= 15 is 0 Å².